The topological polar surface area (TPSA) is 92.9 Å². The minimum absolute atomic E-state index is 0.314. The van der Waals surface area contributed by atoms with Gasteiger partial charge in [0.2, 0.25) is 11.9 Å². The Morgan fingerprint density at radius 1 is 0.867 bits per heavy atom. The van der Waals surface area contributed by atoms with E-state index in [1.54, 1.807) is 10.9 Å². The molecule has 150 valence electrons. The van der Waals surface area contributed by atoms with Gasteiger partial charge in [0.15, 0.2) is 0 Å². The summed E-state index contributed by atoms with van der Waals surface area (Å²) in [4.78, 5) is 13.5. The zero-order valence-electron chi connectivity index (χ0n) is 17.0. The average molecular weight is 398 g/mol. The molecule has 8 nitrogen and oxygen atoms in total. The van der Waals surface area contributed by atoms with Crippen molar-refractivity contribution in [3.8, 4) is 5.95 Å². The van der Waals surface area contributed by atoms with Crippen molar-refractivity contribution < 1.29 is 0 Å². The summed E-state index contributed by atoms with van der Waals surface area (Å²) in [5.41, 5.74) is 7.73. The van der Waals surface area contributed by atoms with Crippen LogP contribution in [0, 0.1) is 20.8 Å². The van der Waals surface area contributed by atoms with Crippen LogP contribution in [0.2, 0.25) is 0 Å². The summed E-state index contributed by atoms with van der Waals surface area (Å²) in [6.45, 7) is 5.93. The van der Waals surface area contributed by atoms with E-state index in [0.29, 0.717) is 17.8 Å². The van der Waals surface area contributed by atoms with Crippen LogP contribution in [0.15, 0.2) is 65.8 Å². The predicted octanol–water partition coefficient (Wildman–Crippen LogP) is 4.17. The quantitative estimate of drug-likeness (QED) is 0.374. The van der Waals surface area contributed by atoms with Gasteiger partial charge in [-0.25, -0.2) is 10.1 Å². The molecule has 0 aliphatic heterocycles. The maximum Gasteiger partial charge on any atom is 0.257 e. The molecule has 8 heteroatoms. The number of rotatable bonds is 6. The van der Waals surface area contributed by atoms with Gasteiger partial charge in [0, 0.05) is 11.4 Å². The number of nitrogens with zero attached hydrogens (tertiary/aromatic N) is 6. The lowest BCUT2D eigenvalue weighted by atomic mass is 10.2. The van der Waals surface area contributed by atoms with E-state index in [0.717, 1.165) is 22.6 Å². The summed E-state index contributed by atoms with van der Waals surface area (Å²) >= 11 is 0. The first-order valence-electron chi connectivity index (χ1n) is 9.54. The third-order valence-corrected chi connectivity index (χ3v) is 4.31. The normalized spacial score (nSPS) is 11.0. The number of hydrazone groups is 1. The third kappa shape index (κ3) is 4.67. The van der Waals surface area contributed by atoms with Crippen molar-refractivity contribution in [3.63, 3.8) is 0 Å². The molecule has 0 unspecified atom stereocenters. The maximum absolute atomic E-state index is 4.54. The van der Waals surface area contributed by atoms with Crippen LogP contribution in [0.1, 0.15) is 22.5 Å². The minimum Gasteiger partial charge on any atom is -0.324 e. The molecule has 4 aromatic rings. The van der Waals surface area contributed by atoms with E-state index < -0.39 is 0 Å². The molecule has 2 heterocycles. The minimum atomic E-state index is 0.314. The third-order valence-electron chi connectivity index (χ3n) is 4.31. The van der Waals surface area contributed by atoms with Crippen molar-refractivity contribution in [1.82, 2.24) is 24.7 Å². The Hall–Kier alpha value is -4.07. The molecule has 2 N–H and O–H groups in total. The zero-order valence-corrected chi connectivity index (χ0v) is 17.0. The van der Waals surface area contributed by atoms with E-state index in [1.165, 1.54) is 5.56 Å². The molecule has 2 aromatic carbocycles. The molecule has 0 saturated carbocycles. The highest BCUT2D eigenvalue weighted by atomic mass is 15.4. The number of anilines is 3. The first kappa shape index (κ1) is 19.3. The fourth-order valence-corrected chi connectivity index (χ4v) is 2.87. The Labute approximate surface area is 174 Å². The SMILES string of the molecule is Cc1ccc(Nc2nc(N/N=C\c3ccccc3)nc(-n3nc(C)cc3C)n2)cc1. The van der Waals surface area contributed by atoms with Crippen molar-refractivity contribution in [3.05, 3.63) is 83.2 Å². The number of nitrogens with one attached hydrogen (secondary N) is 2. The molecule has 0 atom stereocenters. The highest BCUT2D eigenvalue weighted by Crippen LogP contribution is 2.17. The summed E-state index contributed by atoms with van der Waals surface area (Å²) in [6, 6.07) is 19.8. The van der Waals surface area contributed by atoms with Gasteiger partial charge in [0.05, 0.1) is 11.9 Å². The molecule has 0 fully saturated rings. The van der Waals surface area contributed by atoms with Crippen LogP contribution in [-0.4, -0.2) is 30.9 Å². The summed E-state index contributed by atoms with van der Waals surface area (Å²) in [7, 11) is 0. The lowest BCUT2D eigenvalue weighted by Gasteiger charge is -2.09. The lowest BCUT2D eigenvalue weighted by molar-refractivity contribution is 0.767. The second-order valence-corrected chi connectivity index (χ2v) is 6.89. The lowest BCUT2D eigenvalue weighted by Crippen LogP contribution is -2.11. The molecule has 2 aromatic heterocycles. The molecule has 30 heavy (non-hydrogen) atoms. The van der Waals surface area contributed by atoms with Crippen molar-refractivity contribution in [2.45, 2.75) is 20.8 Å². The first-order valence-corrected chi connectivity index (χ1v) is 9.54. The predicted molar refractivity (Wildman–Crippen MR) is 119 cm³/mol. The molecule has 0 amide bonds. The molecular weight excluding hydrogens is 376 g/mol. The van der Waals surface area contributed by atoms with Crippen molar-refractivity contribution in [2.24, 2.45) is 5.10 Å². The van der Waals surface area contributed by atoms with E-state index >= 15 is 0 Å². The van der Waals surface area contributed by atoms with Crippen molar-refractivity contribution in [2.75, 3.05) is 10.7 Å². The zero-order chi connectivity index (χ0) is 20.9. The Bertz CT molecular complexity index is 1160. The summed E-state index contributed by atoms with van der Waals surface area (Å²) in [5, 5.41) is 11.9. The fourth-order valence-electron chi connectivity index (χ4n) is 2.87. The van der Waals surface area contributed by atoms with E-state index in [2.05, 4.69) is 35.9 Å². The molecule has 0 spiro atoms. The van der Waals surface area contributed by atoms with Gasteiger partial charge in [-0.05, 0) is 44.5 Å². The fraction of sp³-hybridized carbons (Fsp3) is 0.136. The van der Waals surface area contributed by atoms with Crippen molar-refractivity contribution in [1.29, 1.82) is 0 Å². The van der Waals surface area contributed by atoms with Crippen LogP contribution in [0.5, 0.6) is 0 Å². The smallest absolute Gasteiger partial charge is 0.257 e. The molecule has 0 saturated heterocycles. The van der Waals surface area contributed by atoms with Gasteiger partial charge in [-0.3, -0.25) is 0 Å². The number of aromatic nitrogens is 5. The van der Waals surface area contributed by atoms with Crippen molar-refractivity contribution >= 4 is 23.8 Å². The Balaban J connectivity index is 1.65. The summed E-state index contributed by atoms with van der Waals surface area (Å²) < 4.78 is 1.68. The van der Waals surface area contributed by atoms with E-state index in [4.69, 9.17) is 0 Å². The van der Waals surface area contributed by atoms with Crippen LogP contribution in [0.4, 0.5) is 17.6 Å². The van der Waals surface area contributed by atoms with Crippen LogP contribution in [0.25, 0.3) is 5.95 Å². The number of aryl methyl sites for hydroxylation is 3. The number of benzene rings is 2. The standard InChI is InChI=1S/C22H22N8/c1-15-9-11-19(12-10-15)24-20-25-21(28-23-14-18-7-5-4-6-8-18)27-22(26-20)30-17(3)13-16(2)29-30/h4-14H,1-3H3,(H2,24,25,26,27,28)/b23-14-. The second-order valence-electron chi connectivity index (χ2n) is 6.89. The van der Waals surface area contributed by atoms with Gasteiger partial charge >= 0.3 is 0 Å². The van der Waals surface area contributed by atoms with Gasteiger partial charge in [-0.15, -0.1) is 0 Å². The molecule has 4 rings (SSSR count). The monoisotopic (exact) mass is 398 g/mol. The molecule has 0 bridgehead atoms. The number of hydrogen-bond acceptors (Lipinski definition) is 7. The molecular formula is C22H22N8. The Morgan fingerprint density at radius 2 is 1.60 bits per heavy atom. The summed E-state index contributed by atoms with van der Waals surface area (Å²) in [6.07, 6.45) is 1.71. The second kappa shape index (κ2) is 8.52. The molecule has 0 aliphatic rings. The summed E-state index contributed by atoms with van der Waals surface area (Å²) in [5.74, 6) is 1.12. The highest BCUT2D eigenvalue weighted by molar-refractivity contribution is 5.79. The average Bonchev–Trinajstić information content (AvgIpc) is 3.08. The largest absolute Gasteiger partial charge is 0.324 e. The maximum atomic E-state index is 4.54. The van der Waals surface area contributed by atoms with Gasteiger partial charge in [-0.2, -0.15) is 25.2 Å². The Kier molecular flexibility index (Phi) is 5.47. The van der Waals surface area contributed by atoms with E-state index in [9.17, 15) is 0 Å². The van der Waals surface area contributed by atoms with Crippen LogP contribution >= 0.6 is 0 Å². The van der Waals surface area contributed by atoms with Gasteiger partial charge in [-0.1, -0.05) is 48.0 Å². The van der Waals surface area contributed by atoms with Gasteiger partial charge in [0.1, 0.15) is 0 Å². The van der Waals surface area contributed by atoms with E-state index in [1.807, 2.05) is 81.4 Å². The Morgan fingerprint density at radius 3 is 2.30 bits per heavy atom. The molecule has 0 radical (unpaired) electrons. The highest BCUT2D eigenvalue weighted by Gasteiger charge is 2.12. The van der Waals surface area contributed by atoms with Crippen LogP contribution < -0.4 is 10.7 Å². The number of hydrogen-bond donors (Lipinski definition) is 2. The first-order chi connectivity index (χ1) is 14.6. The van der Waals surface area contributed by atoms with Crippen LogP contribution in [0.3, 0.4) is 0 Å². The molecule has 0 aliphatic carbocycles. The van der Waals surface area contributed by atoms with Gasteiger partial charge in [0.25, 0.3) is 5.95 Å². The van der Waals surface area contributed by atoms with E-state index in [-0.39, 0.29) is 0 Å². The van der Waals surface area contributed by atoms with Gasteiger partial charge < -0.3 is 5.32 Å². The van der Waals surface area contributed by atoms with Crippen LogP contribution in [-0.2, 0) is 0 Å².